The molecular formula is C12H14BrF3N2O2S. The van der Waals surface area contributed by atoms with E-state index in [-0.39, 0.29) is 16.9 Å². The Morgan fingerprint density at radius 2 is 2.00 bits per heavy atom. The molecule has 0 aromatic heterocycles. The number of nitrogens with one attached hydrogen (secondary N) is 1. The van der Waals surface area contributed by atoms with Gasteiger partial charge in [0.25, 0.3) is 0 Å². The van der Waals surface area contributed by atoms with Gasteiger partial charge < -0.3 is 5.73 Å². The van der Waals surface area contributed by atoms with Crippen molar-refractivity contribution < 1.29 is 21.6 Å². The van der Waals surface area contributed by atoms with Crippen LogP contribution in [0.2, 0.25) is 0 Å². The van der Waals surface area contributed by atoms with E-state index in [1.807, 2.05) is 0 Å². The summed E-state index contributed by atoms with van der Waals surface area (Å²) in [6, 6.07) is 2.38. The second-order valence-corrected chi connectivity index (χ2v) is 7.51. The third-order valence-electron chi connectivity index (χ3n) is 3.31. The standard InChI is InChI=1S/C12H14BrF3N2O2S/c13-10-4-3-8(5-9(10)12(14,15)16)21(19,20)18-11(6-17)7-1-2-7/h3-5,7,11,18H,1-2,6,17H2. The van der Waals surface area contributed by atoms with Crippen LogP contribution in [0.15, 0.2) is 27.6 Å². The normalized spacial score (nSPS) is 17.8. The molecule has 21 heavy (non-hydrogen) atoms. The summed E-state index contributed by atoms with van der Waals surface area (Å²) in [4.78, 5) is -0.419. The molecule has 1 unspecified atom stereocenters. The third-order valence-corrected chi connectivity index (χ3v) is 5.48. The molecule has 1 saturated carbocycles. The van der Waals surface area contributed by atoms with E-state index in [1.54, 1.807) is 0 Å². The quantitative estimate of drug-likeness (QED) is 0.816. The highest BCUT2D eigenvalue weighted by Crippen LogP contribution is 2.37. The number of hydrogen-bond acceptors (Lipinski definition) is 3. The summed E-state index contributed by atoms with van der Waals surface area (Å²) in [5.41, 5.74) is 4.48. The van der Waals surface area contributed by atoms with Gasteiger partial charge in [0.1, 0.15) is 0 Å². The lowest BCUT2D eigenvalue weighted by Gasteiger charge is -2.17. The van der Waals surface area contributed by atoms with E-state index in [0.29, 0.717) is 6.07 Å². The minimum Gasteiger partial charge on any atom is -0.329 e. The maximum Gasteiger partial charge on any atom is 0.417 e. The van der Waals surface area contributed by atoms with Crippen LogP contribution in [-0.2, 0) is 16.2 Å². The van der Waals surface area contributed by atoms with Crippen LogP contribution in [0.25, 0.3) is 0 Å². The largest absolute Gasteiger partial charge is 0.417 e. The summed E-state index contributed by atoms with van der Waals surface area (Å²) < 4.78 is 65.0. The summed E-state index contributed by atoms with van der Waals surface area (Å²) in [6.07, 6.45) is -2.88. The van der Waals surface area contributed by atoms with Gasteiger partial charge in [-0.1, -0.05) is 15.9 Å². The first-order valence-electron chi connectivity index (χ1n) is 6.24. The monoisotopic (exact) mass is 386 g/mol. The van der Waals surface area contributed by atoms with Crippen LogP contribution in [0.4, 0.5) is 13.2 Å². The molecule has 118 valence electrons. The van der Waals surface area contributed by atoms with Gasteiger partial charge in [-0.2, -0.15) is 13.2 Å². The van der Waals surface area contributed by atoms with Gasteiger partial charge >= 0.3 is 6.18 Å². The second-order valence-electron chi connectivity index (χ2n) is 4.94. The molecule has 9 heteroatoms. The molecule has 4 nitrogen and oxygen atoms in total. The molecule has 2 rings (SSSR count). The van der Waals surface area contributed by atoms with E-state index in [1.165, 1.54) is 0 Å². The number of benzene rings is 1. The number of halogens is 4. The van der Waals surface area contributed by atoms with Crippen molar-refractivity contribution in [3.63, 3.8) is 0 Å². The minimum absolute atomic E-state index is 0.118. The Morgan fingerprint density at radius 1 is 1.38 bits per heavy atom. The maximum atomic E-state index is 12.8. The average Bonchev–Trinajstić information content (AvgIpc) is 3.19. The molecule has 1 aromatic carbocycles. The molecule has 0 amide bonds. The number of nitrogens with two attached hydrogens (primary N) is 1. The Morgan fingerprint density at radius 3 is 2.48 bits per heavy atom. The highest BCUT2D eigenvalue weighted by atomic mass is 79.9. The van der Waals surface area contributed by atoms with Crippen LogP contribution in [0.1, 0.15) is 18.4 Å². The van der Waals surface area contributed by atoms with Gasteiger partial charge in [0.2, 0.25) is 10.0 Å². The van der Waals surface area contributed by atoms with E-state index >= 15 is 0 Å². The number of rotatable bonds is 5. The number of sulfonamides is 1. The fourth-order valence-electron chi connectivity index (χ4n) is 1.99. The zero-order valence-corrected chi connectivity index (χ0v) is 13.2. The van der Waals surface area contributed by atoms with Crippen LogP contribution in [-0.4, -0.2) is 21.0 Å². The Kier molecular flexibility index (Phi) is 4.67. The van der Waals surface area contributed by atoms with Crippen LogP contribution in [0, 0.1) is 5.92 Å². The van der Waals surface area contributed by atoms with Crippen LogP contribution in [0.3, 0.4) is 0 Å². The van der Waals surface area contributed by atoms with Crippen molar-refractivity contribution >= 4 is 26.0 Å². The summed E-state index contributed by atoms with van der Waals surface area (Å²) in [5, 5.41) is 0. The molecule has 0 spiro atoms. The first-order valence-corrected chi connectivity index (χ1v) is 8.52. The molecule has 1 aromatic rings. The first-order chi connectivity index (χ1) is 9.65. The summed E-state index contributed by atoms with van der Waals surface area (Å²) in [6.45, 7) is 0.118. The van der Waals surface area contributed by atoms with Gasteiger partial charge in [0.05, 0.1) is 10.5 Å². The van der Waals surface area contributed by atoms with Crippen molar-refractivity contribution in [2.24, 2.45) is 11.7 Å². The summed E-state index contributed by atoms with van der Waals surface area (Å²) >= 11 is 2.78. The van der Waals surface area contributed by atoms with Gasteiger partial charge in [-0.15, -0.1) is 0 Å². The van der Waals surface area contributed by atoms with E-state index in [4.69, 9.17) is 5.73 Å². The van der Waals surface area contributed by atoms with E-state index in [2.05, 4.69) is 20.7 Å². The fourth-order valence-corrected chi connectivity index (χ4v) is 3.81. The molecule has 1 atom stereocenters. The van der Waals surface area contributed by atoms with Gasteiger partial charge in [0.15, 0.2) is 0 Å². The van der Waals surface area contributed by atoms with E-state index in [9.17, 15) is 21.6 Å². The average molecular weight is 387 g/mol. The number of hydrogen-bond donors (Lipinski definition) is 2. The molecule has 3 N–H and O–H groups in total. The highest BCUT2D eigenvalue weighted by Gasteiger charge is 2.36. The smallest absolute Gasteiger partial charge is 0.329 e. The lowest BCUT2D eigenvalue weighted by molar-refractivity contribution is -0.138. The molecule has 0 radical (unpaired) electrons. The van der Waals surface area contributed by atoms with Crippen molar-refractivity contribution in [1.29, 1.82) is 0 Å². The van der Waals surface area contributed by atoms with Crippen molar-refractivity contribution in [2.45, 2.75) is 30.0 Å². The minimum atomic E-state index is -4.63. The van der Waals surface area contributed by atoms with E-state index in [0.717, 1.165) is 25.0 Å². The molecule has 0 heterocycles. The Hall–Kier alpha value is -0.640. The molecule has 0 bridgehead atoms. The van der Waals surface area contributed by atoms with Crippen LogP contribution < -0.4 is 10.5 Å². The van der Waals surface area contributed by atoms with Gasteiger partial charge in [-0.05, 0) is 37.0 Å². The van der Waals surface area contributed by atoms with Crippen LogP contribution >= 0.6 is 15.9 Å². The molecule has 0 saturated heterocycles. The lowest BCUT2D eigenvalue weighted by Crippen LogP contribution is -2.41. The van der Waals surface area contributed by atoms with Gasteiger partial charge in [0, 0.05) is 17.1 Å². The lowest BCUT2D eigenvalue weighted by atomic mass is 10.2. The Labute approximate surface area is 129 Å². The zero-order chi connectivity index (χ0) is 15.8. The predicted molar refractivity (Wildman–Crippen MR) is 75.0 cm³/mol. The van der Waals surface area contributed by atoms with Crippen molar-refractivity contribution in [2.75, 3.05) is 6.54 Å². The Bertz CT molecular complexity index is 630. The molecule has 1 fully saturated rings. The molecule has 0 aliphatic heterocycles. The van der Waals surface area contributed by atoms with Gasteiger partial charge in [-0.3, -0.25) is 0 Å². The van der Waals surface area contributed by atoms with Gasteiger partial charge in [-0.25, -0.2) is 13.1 Å². The molecule has 1 aliphatic carbocycles. The summed E-state index contributed by atoms with van der Waals surface area (Å²) in [5.74, 6) is 0.169. The SMILES string of the molecule is NCC(NS(=O)(=O)c1ccc(Br)c(C(F)(F)F)c1)C1CC1. The highest BCUT2D eigenvalue weighted by molar-refractivity contribution is 9.10. The zero-order valence-electron chi connectivity index (χ0n) is 10.8. The van der Waals surface area contributed by atoms with E-state index < -0.39 is 32.7 Å². The fraction of sp³-hybridized carbons (Fsp3) is 0.500. The molecular weight excluding hydrogens is 373 g/mol. The second kappa shape index (κ2) is 5.86. The first kappa shape index (κ1) is 16.7. The topological polar surface area (TPSA) is 72.2 Å². The predicted octanol–water partition coefficient (Wildman–Crippen LogP) is 2.48. The summed E-state index contributed by atoms with van der Waals surface area (Å²) in [7, 11) is -4.03. The van der Waals surface area contributed by atoms with Crippen molar-refractivity contribution in [3.8, 4) is 0 Å². The van der Waals surface area contributed by atoms with Crippen molar-refractivity contribution in [1.82, 2.24) is 4.72 Å². The third kappa shape index (κ3) is 3.97. The van der Waals surface area contributed by atoms with Crippen molar-refractivity contribution in [3.05, 3.63) is 28.2 Å². The maximum absolute atomic E-state index is 12.8. The number of alkyl halides is 3. The Balaban J connectivity index is 2.31. The molecule has 1 aliphatic rings. The van der Waals surface area contributed by atoms with Crippen LogP contribution in [0.5, 0.6) is 0 Å².